The highest BCUT2D eigenvalue weighted by molar-refractivity contribution is 9.10. The van der Waals surface area contributed by atoms with Gasteiger partial charge in [0.2, 0.25) is 0 Å². The van der Waals surface area contributed by atoms with E-state index in [2.05, 4.69) is 27.4 Å². The molecular weight excluding hydrogens is 436 g/mol. The van der Waals surface area contributed by atoms with Crippen LogP contribution in [0.25, 0.3) is 0 Å². The van der Waals surface area contributed by atoms with Gasteiger partial charge in [0, 0.05) is 49.5 Å². The number of ether oxygens (including phenoxy) is 1. The number of ketones is 2. The van der Waals surface area contributed by atoms with E-state index in [1.165, 1.54) is 5.56 Å². The molecule has 0 fully saturated rings. The quantitative estimate of drug-likeness (QED) is 0.606. The zero-order chi connectivity index (χ0) is 20.4. The van der Waals surface area contributed by atoms with Crippen molar-refractivity contribution in [2.75, 3.05) is 6.61 Å². The Morgan fingerprint density at radius 2 is 1.45 bits per heavy atom. The molecule has 2 aromatic rings. The van der Waals surface area contributed by atoms with Crippen LogP contribution in [0.4, 0.5) is 0 Å². The third kappa shape index (κ3) is 4.25. The van der Waals surface area contributed by atoms with E-state index in [1.54, 1.807) is 17.7 Å². The van der Waals surface area contributed by atoms with Gasteiger partial charge in [-0.15, -0.1) is 0 Å². The van der Waals surface area contributed by atoms with Crippen LogP contribution in [0, 0.1) is 0 Å². The number of carbonyl (C=O) groups excluding carboxylic acids is 3. The van der Waals surface area contributed by atoms with Gasteiger partial charge in [-0.05, 0) is 60.7 Å². The second kappa shape index (κ2) is 9.57. The zero-order valence-electron chi connectivity index (χ0n) is 16.5. The molecule has 0 N–H and O–H groups in total. The molecule has 0 saturated heterocycles. The van der Waals surface area contributed by atoms with E-state index < -0.39 is 0 Å². The molecule has 2 aliphatic carbocycles. The first-order valence-corrected chi connectivity index (χ1v) is 10.5. The van der Waals surface area contributed by atoms with Crippen LogP contribution < -0.4 is 0 Å². The summed E-state index contributed by atoms with van der Waals surface area (Å²) in [7, 11) is 0. The van der Waals surface area contributed by atoms with Crippen molar-refractivity contribution >= 4 is 33.5 Å². The van der Waals surface area contributed by atoms with Crippen LogP contribution in [0.3, 0.4) is 0 Å². The molecule has 0 amide bonds. The summed E-state index contributed by atoms with van der Waals surface area (Å²) in [6.07, 6.45) is 6.50. The molecular formula is C22H29BrN2O4. The van der Waals surface area contributed by atoms with Gasteiger partial charge in [-0.2, -0.15) is 0 Å². The van der Waals surface area contributed by atoms with Gasteiger partial charge in [-0.25, -0.2) is 4.79 Å². The Morgan fingerprint density at radius 1 is 0.931 bits per heavy atom. The van der Waals surface area contributed by atoms with Crippen molar-refractivity contribution in [3.8, 4) is 0 Å². The predicted molar refractivity (Wildman–Crippen MR) is 116 cm³/mol. The summed E-state index contributed by atoms with van der Waals surface area (Å²) in [4.78, 5) is 34.7. The molecule has 2 aliphatic rings. The largest absolute Gasteiger partial charge is 0.461 e. The molecule has 0 spiro atoms. The van der Waals surface area contributed by atoms with Gasteiger partial charge in [0.05, 0.1) is 11.2 Å². The van der Waals surface area contributed by atoms with Crippen LogP contribution >= 0.6 is 15.9 Å². The fourth-order valence-electron chi connectivity index (χ4n) is 3.81. The molecule has 0 aromatic carbocycles. The zero-order valence-corrected chi connectivity index (χ0v) is 18.1. The average molecular weight is 465 g/mol. The Bertz CT molecular complexity index is 939. The standard InChI is InChI=1S/C12H15NO3.C9H10BrNO.CH4/c1-3-13-7-9-8(5-6-10(9)14)11(13)12(15)16-4-2;1-2-11-5-7-6(9(11)10)3-4-8(7)12;/h7H,3-6H2,1-2H3;5H,2-4H2,1H3;1H4. The molecule has 29 heavy (non-hydrogen) atoms. The van der Waals surface area contributed by atoms with E-state index in [9.17, 15) is 14.4 Å². The number of hydrogen-bond acceptors (Lipinski definition) is 4. The molecule has 2 heterocycles. The minimum absolute atomic E-state index is 0. The number of hydrogen-bond donors (Lipinski definition) is 0. The SMILES string of the molecule is C.CCOC(=O)c1c2c(cn1CC)C(=O)CC2.CCn1cc2c(c1Br)CCC2=O. The number of aryl methyl sites for hydroxylation is 2. The Hall–Kier alpha value is -2.15. The minimum Gasteiger partial charge on any atom is -0.461 e. The highest BCUT2D eigenvalue weighted by atomic mass is 79.9. The number of fused-ring (bicyclic) bond motifs is 2. The molecule has 0 radical (unpaired) electrons. The summed E-state index contributed by atoms with van der Waals surface area (Å²) in [5.41, 5.74) is 4.24. The lowest BCUT2D eigenvalue weighted by atomic mass is 10.2. The first-order chi connectivity index (χ1) is 13.4. The molecule has 4 rings (SSSR count). The van der Waals surface area contributed by atoms with Crippen LogP contribution in [-0.2, 0) is 30.7 Å². The molecule has 0 saturated carbocycles. The highest BCUT2D eigenvalue weighted by Crippen LogP contribution is 2.31. The van der Waals surface area contributed by atoms with Crippen molar-refractivity contribution in [2.45, 2.75) is 67.0 Å². The Morgan fingerprint density at radius 3 is 1.97 bits per heavy atom. The fourth-order valence-corrected chi connectivity index (χ4v) is 4.58. The first kappa shape index (κ1) is 23.1. The van der Waals surface area contributed by atoms with E-state index in [-0.39, 0.29) is 25.0 Å². The van der Waals surface area contributed by atoms with Gasteiger partial charge in [0.15, 0.2) is 11.6 Å². The molecule has 2 aromatic heterocycles. The summed E-state index contributed by atoms with van der Waals surface area (Å²) in [6, 6.07) is 0. The highest BCUT2D eigenvalue weighted by Gasteiger charge is 2.29. The van der Waals surface area contributed by atoms with E-state index in [1.807, 2.05) is 13.1 Å². The van der Waals surface area contributed by atoms with Gasteiger partial charge in [0.1, 0.15) is 5.69 Å². The number of nitrogens with zero attached hydrogens (tertiary/aromatic N) is 2. The summed E-state index contributed by atoms with van der Waals surface area (Å²) >= 11 is 3.50. The van der Waals surface area contributed by atoms with E-state index in [4.69, 9.17) is 4.74 Å². The Balaban J connectivity index is 0.000000207. The van der Waals surface area contributed by atoms with Crippen LogP contribution in [0.5, 0.6) is 0 Å². The van der Waals surface area contributed by atoms with Gasteiger partial charge in [-0.3, -0.25) is 9.59 Å². The predicted octanol–water partition coefficient (Wildman–Crippen LogP) is 4.85. The molecule has 158 valence electrons. The van der Waals surface area contributed by atoms with Crippen molar-refractivity contribution in [1.29, 1.82) is 0 Å². The maximum absolute atomic E-state index is 11.8. The van der Waals surface area contributed by atoms with Crippen molar-refractivity contribution in [3.63, 3.8) is 0 Å². The van der Waals surface area contributed by atoms with E-state index in [0.29, 0.717) is 43.7 Å². The minimum atomic E-state index is -0.319. The number of Topliss-reactive ketones (excluding diaryl/α,β-unsaturated/α-hetero) is 2. The fraction of sp³-hybridized carbons (Fsp3) is 0.500. The Labute approximate surface area is 180 Å². The maximum atomic E-state index is 11.8. The summed E-state index contributed by atoms with van der Waals surface area (Å²) in [5, 5.41) is 0. The van der Waals surface area contributed by atoms with Crippen molar-refractivity contribution in [3.05, 3.63) is 44.9 Å². The van der Waals surface area contributed by atoms with Gasteiger partial charge < -0.3 is 13.9 Å². The lowest BCUT2D eigenvalue weighted by Gasteiger charge is -2.07. The number of carbonyl (C=O) groups is 3. The van der Waals surface area contributed by atoms with Crippen LogP contribution in [0.1, 0.15) is 83.4 Å². The van der Waals surface area contributed by atoms with Gasteiger partial charge >= 0.3 is 5.97 Å². The topological polar surface area (TPSA) is 70.3 Å². The van der Waals surface area contributed by atoms with Crippen molar-refractivity contribution in [1.82, 2.24) is 9.13 Å². The second-order valence-corrected chi connectivity index (χ2v) is 7.57. The number of rotatable bonds is 4. The number of aromatic nitrogens is 2. The van der Waals surface area contributed by atoms with Crippen LogP contribution in [-0.4, -0.2) is 33.3 Å². The van der Waals surface area contributed by atoms with E-state index in [0.717, 1.165) is 28.7 Å². The summed E-state index contributed by atoms with van der Waals surface area (Å²) in [6.45, 7) is 7.75. The lowest BCUT2D eigenvalue weighted by molar-refractivity contribution is 0.0512. The van der Waals surface area contributed by atoms with E-state index >= 15 is 0 Å². The number of esters is 1. The first-order valence-electron chi connectivity index (χ1n) is 9.75. The monoisotopic (exact) mass is 464 g/mol. The van der Waals surface area contributed by atoms with Crippen molar-refractivity contribution < 1.29 is 19.1 Å². The Kier molecular flexibility index (Phi) is 7.63. The third-order valence-electron chi connectivity index (χ3n) is 5.25. The number of halogens is 1. The normalized spacial score (nSPS) is 14.1. The molecule has 0 unspecified atom stereocenters. The summed E-state index contributed by atoms with van der Waals surface area (Å²) < 4.78 is 9.98. The molecule has 0 aliphatic heterocycles. The maximum Gasteiger partial charge on any atom is 0.355 e. The molecule has 0 bridgehead atoms. The van der Waals surface area contributed by atoms with Gasteiger partial charge in [0.25, 0.3) is 0 Å². The summed E-state index contributed by atoms with van der Waals surface area (Å²) in [5.74, 6) is 0.103. The third-order valence-corrected chi connectivity index (χ3v) is 6.18. The van der Waals surface area contributed by atoms with Crippen molar-refractivity contribution in [2.24, 2.45) is 0 Å². The second-order valence-electron chi connectivity index (χ2n) is 6.82. The van der Waals surface area contributed by atoms with Gasteiger partial charge in [-0.1, -0.05) is 7.43 Å². The lowest BCUT2D eigenvalue weighted by Crippen LogP contribution is -2.13. The van der Waals surface area contributed by atoms with Crippen LogP contribution in [0.15, 0.2) is 17.0 Å². The molecule has 0 atom stereocenters. The average Bonchev–Trinajstić information content (AvgIpc) is 3.40. The molecule has 6 nitrogen and oxygen atoms in total. The van der Waals surface area contributed by atoms with Crippen LogP contribution in [0.2, 0.25) is 0 Å². The smallest absolute Gasteiger partial charge is 0.355 e. The molecule has 7 heteroatoms.